The average Bonchev–Trinajstić information content (AvgIpc) is 2.42. The van der Waals surface area contributed by atoms with Crippen LogP contribution in [-0.4, -0.2) is 32.6 Å². The fraction of sp³-hybridized carbons (Fsp3) is 0.538. The number of fused-ring (bicyclic) bond motifs is 1. The predicted molar refractivity (Wildman–Crippen MR) is 65.9 cm³/mol. The zero-order chi connectivity index (χ0) is 14.6. The Labute approximate surface area is 114 Å². The van der Waals surface area contributed by atoms with Crippen LogP contribution in [0, 0.1) is 0 Å². The number of halogens is 3. The van der Waals surface area contributed by atoms with Crippen molar-refractivity contribution in [1.29, 1.82) is 0 Å². The predicted octanol–water partition coefficient (Wildman–Crippen LogP) is 2.43. The Bertz CT molecular complexity index is 451. The number of rotatable bonds is 5. The van der Waals surface area contributed by atoms with Gasteiger partial charge in [-0.15, -0.1) is 0 Å². The van der Waals surface area contributed by atoms with Gasteiger partial charge in [0.05, 0.1) is 0 Å². The lowest BCUT2D eigenvalue weighted by Crippen LogP contribution is -2.20. The molecule has 20 heavy (non-hydrogen) atoms. The van der Waals surface area contributed by atoms with Crippen LogP contribution < -0.4 is 15.2 Å². The fourth-order valence-electron chi connectivity index (χ4n) is 1.86. The molecule has 4 nitrogen and oxygen atoms in total. The molecule has 0 aliphatic carbocycles. The minimum absolute atomic E-state index is 0.0465. The number of nitrogens with two attached hydrogens (primary N) is 1. The Kier molecular flexibility index (Phi) is 4.72. The molecule has 1 heterocycles. The van der Waals surface area contributed by atoms with Crippen LogP contribution in [0.15, 0.2) is 18.2 Å². The SMILES string of the molecule is NC(CCOCC(F)(F)F)c1ccc2c(c1)OCCO2. The number of ether oxygens (including phenoxy) is 3. The van der Waals surface area contributed by atoms with Gasteiger partial charge in [0, 0.05) is 12.6 Å². The first-order valence-electron chi connectivity index (χ1n) is 6.25. The fourth-order valence-corrected chi connectivity index (χ4v) is 1.86. The van der Waals surface area contributed by atoms with E-state index in [0.717, 1.165) is 5.56 Å². The number of hydrogen-bond donors (Lipinski definition) is 1. The highest BCUT2D eigenvalue weighted by Crippen LogP contribution is 2.32. The van der Waals surface area contributed by atoms with Crippen LogP contribution in [0.25, 0.3) is 0 Å². The summed E-state index contributed by atoms with van der Waals surface area (Å²) in [5.74, 6) is 1.26. The third-order valence-electron chi connectivity index (χ3n) is 2.83. The van der Waals surface area contributed by atoms with Gasteiger partial charge in [0.15, 0.2) is 11.5 Å². The van der Waals surface area contributed by atoms with Crippen molar-refractivity contribution in [2.45, 2.75) is 18.6 Å². The molecule has 0 bridgehead atoms. The Morgan fingerprint density at radius 2 is 1.90 bits per heavy atom. The quantitative estimate of drug-likeness (QED) is 0.847. The van der Waals surface area contributed by atoms with Crippen LogP contribution in [0.4, 0.5) is 13.2 Å². The van der Waals surface area contributed by atoms with E-state index in [4.69, 9.17) is 15.2 Å². The first-order chi connectivity index (χ1) is 9.46. The third kappa shape index (κ3) is 4.28. The van der Waals surface area contributed by atoms with E-state index in [-0.39, 0.29) is 6.61 Å². The topological polar surface area (TPSA) is 53.7 Å². The largest absolute Gasteiger partial charge is 0.486 e. The molecule has 7 heteroatoms. The summed E-state index contributed by atoms with van der Waals surface area (Å²) in [5, 5.41) is 0. The van der Waals surface area contributed by atoms with Crippen molar-refractivity contribution in [3.05, 3.63) is 23.8 Å². The normalized spacial score (nSPS) is 16.0. The van der Waals surface area contributed by atoms with Crippen molar-refractivity contribution in [2.24, 2.45) is 5.73 Å². The van der Waals surface area contributed by atoms with Crippen molar-refractivity contribution in [2.75, 3.05) is 26.4 Å². The van der Waals surface area contributed by atoms with Crippen molar-refractivity contribution in [1.82, 2.24) is 0 Å². The minimum atomic E-state index is -4.30. The van der Waals surface area contributed by atoms with Crippen molar-refractivity contribution in [3.8, 4) is 11.5 Å². The van der Waals surface area contributed by atoms with Crippen molar-refractivity contribution in [3.63, 3.8) is 0 Å². The molecule has 1 aliphatic heterocycles. The van der Waals surface area contributed by atoms with E-state index in [9.17, 15) is 13.2 Å². The summed E-state index contributed by atoms with van der Waals surface area (Å²) in [6.45, 7) is -0.319. The molecule has 0 amide bonds. The molecule has 0 fully saturated rings. The Morgan fingerprint density at radius 3 is 2.60 bits per heavy atom. The Hall–Kier alpha value is -1.47. The Balaban J connectivity index is 1.84. The summed E-state index contributed by atoms with van der Waals surface area (Å²) < 4.78 is 51.1. The molecule has 1 atom stereocenters. The molecular formula is C13H16F3NO3. The zero-order valence-corrected chi connectivity index (χ0v) is 10.8. The highest BCUT2D eigenvalue weighted by Gasteiger charge is 2.27. The van der Waals surface area contributed by atoms with Crippen LogP contribution in [0.1, 0.15) is 18.0 Å². The maximum atomic E-state index is 11.9. The second-order valence-electron chi connectivity index (χ2n) is 4.47. The summed E-state index contributed by atoms with van der Waals surface area (Å²) in [6.07, 6.45) is -4.00. The van der Waals surface area contributed by atoms with Gasteiger partial charge >= 0.3 is 6.18 Å². The average molecular weight is 291 g/mol. The summed E-state index contributed by atoms with van der Waals surface area (Å²) in [6, 6.07) is 4.88. The van der Waals surface area contributed by atoms with Crippen LogP contribution in [-0.2, 0) is 4.74 Å². The van der Waals surface area contributed by atoms with E-state index in [0.29, 0.717) is 31.1 Å². The summed E-state index contributed by atoms with van der Waals surface area (Å²) in [7, 11) is 0. The van der Waals surface area contributed by atoms with Crippen LogP contribution in [0.2, 0.25) is 0 Å². The van der Waals surface area contributed by atoms with Crippen molar-refractivity contribution >= 4 is 0 Å². The van der Waals surface area contributed by atoms with Gasteiger partial charge in [-0.05, 0) is 24.1 Å². The lowest BCUT2D eigenvalue weighted by molar-refractivity contribution is -0.174. The zero-order valence-electron chi connectivity index (χ0n) is 10.8. The molecule has 0 aromatic heterocycles. The van der Waals surface area contributed by atoms with Crippen LogP contribution in [0.3, 0.4) is 0 Å². The molecule has 112 valence electrons. The van der Waals surface area contributed by atoms with Gasteiger partial charge in [-0.25, -0.2) is 0 Å². The standard InChI is InChI=1S/C13H16F3NO3/c14-13(15,16)8-18-4-3-10(17)9-1-2-11-12(7-9)20-6-5-19-11/h1-2,7,10H,3-6,8,17H2. The molecule has 1 aromatic carbocycles. The van der Waals surface area contributed by atoms with Gasteiger partial charge in [0.2, 0.25) is 0 Å². The maximum absolute atomic E-state index is 11.9. The van der Waals surface area contributed by atoms with E-state index < -0.39 is 18.8 Å². The van der Waals surface area contributed by atoms with Gasteiger partial charge in [-0.1, -0.05) is 6.07 Å². The first kappa shape index (κ1) is 14.9. The lowest BCUT2D eigenvalue weighted by Gasteiger charge is -2.20. The first-order valence-corrected chi connectivity index (χ1v) is 6.25. The van der Waals surface area contributed by atoms with E-state index in [1.54, 1.807) is 18.2 Å². The Morgan fingerprint density at radius 1 is 1.20 bits per heavy atom. The second-order valence-corrected chi connectivity index (χ2v) is 4.47. The summed E-state index contributed by atoms with van der Waals surface area (Å²) in [4.78, 5) is 0. The van der Waals surface area contributed by atoms with E-state index in [2.05, 4.69) is 4.74 Å². The van der Waals surface area contributed by atoms with Gasteiger partial charge in [0.25, 0.3) is 0 Å². The van der Waals surface area contributed by atoms with Crippen LogP contribution in [0.5, 0.6) is 11.5 Å². The van der Waals surface area contributed by atoms with E-state index >= 15 is 0 Å². The van der Waals surface area contributed by atoms with Crippen molar-refractivity contribution < 1.29 is 27.4 Å². The second kappa shape index (κ2) is 6.32. The van der Waals surface area contributed by atoms with Crippen LogP contribution >= 0.6 is 0 Å². The lowest BCUT2D eigenvalue weighted by atomic mass is 10.0. The van der Waals surface area contributed by atoms with E-state index in [1.165, 1.54) is 0 Å². The molecule has 0 spiro atoms. The summed E-state index contributed by atoms with van der Waals surface area (Å²) >= 11 is 0. The van der Waals surface area contributed by atoms with E-state index in [1.807, 2.05) is 0 Å². The number of hydrogen-bond acceptors (Lipinski definition) is 4. The molecule has 0 radical (unpaired) electrons. The number of alkyl halides is 3. The summed E-state index contributed by atoms with van der Waals surface area (Å²) in [5.41, 5.74) is 6.70. The third-order valence-corrected chi connectivity index (χ3v) is 2.83. The van der Waals surface area contributed by atoms with Gasteiger partial charge < -0.3 is 19.9 Å². The minimum Gasteiger partial charge on any atom is -0.486 e. The molecule has 1 unspecified atom stereocenters. The van der Waals surface area contributed by atoms with Gasteiger partial charge in [-0.3, -0.25) is 0 Å². The monoisotopic (exact) mass is 291 g/mol. The van der Waals surface area contributed by atoms with Gasteiger partial charge in [-0.2, -0.15) is 13.2 Å². The maximum Gasteiger partial charge on any atom is 0.411 e. The number of benzene rings is 1. The molecule has 2 N–H and O–H groups in total. The highest BCUT2D eigenvalue weighted by molar-refractivity contribution is 5.44. The smallest absolute Gasteiger partial charge is 0.411 e. The molecule has 0 saturated heterocycles. The molecule has 2 rings (SSSR count). The highest BCUT2D eigenvalue weighted by atomic mass is 19.4. The molecule has 1 aliphatic rings. The molecule has 1 aromatic rings. The van der Waals surface area contributed by atoms with Gasteiger partial charge in [0.1, 0.15) is 19.8 Å². The molecule has 0 saturated carbocycles. The molecular weight excluding hydrogens is 275 g/mol.